The van der Waals surface area contributed by atoms with Crippen LogP contribution in [0, 0.1) is 25.2 Å². The molecule has 0 saturated carbocycles. The van der Waals surface area contributed by atoms with Crippen molar-refractivity contribution in [1.82, 2.24) is 20.4 Å². The van der Waals surface area contributed by atoms with Crippen LogP contribution in [-0.2, 0) is 4.74 Å². The molecule has 1 N–H and O–H groups in total. The molecule has 2 fully saturated rings. The molecule has 0 spiro atoms. The maximum atomic E-state index is 12.9. The van der Waals surface area contributed by atoms with E-state index >= 15 is 0 Å². The molecule has 0 unspecified atom stereocenters. The van der Waals surface area contributed by atoms with E-state index < -0.39 is 12.1 Å². The number of alkyl halides is 3. The molecule has 2 aromatic heterocycles. The summed E-state index contributed by atoms with van der Waals surface area (Å²) in [5.74, 6) is 0.745. The Morgan fingerprint density at radius 2 is 1.78 bits per heavy atom. The summed E-state index contributed by atoms with van der Waals surface area (Å²) in [5, 5.41) is 17.9. The minimum absolute atomic E-state index is 0.00647. The number of anilines is 1. The van der Waals surface area contributed by atoms with Crippen LogP contribution in [0.4, 0.5) is 19.0 Å². The van der Waals surface area contributed by atoms with E-state index in [1.54, 1.807) is 13.8 Å². The fraction of sp³-hybridized carbons (Fsp3) is 0.520. The Balaban J connectivity index is 1.52. The minimum atomic E-state index is -4.89. The third kappa shape index (κ3) is 5.47. The Morgan fingerprint density at radius 1 is 1.08 bits per heavy atom. The molecule has 9 nitrogen and oxygen atoms in total. The molecule has 2 saturated heterocycles. The van der Waals surface area contributed by atoms with Crippen LogP contribution in [0.15, 0.2) is 16.7 Å². The lowest BCUT2D eigenvalue weighted by Crippen LogP contribution is -2.48. The topological polar surface area (TPSA) is 109 Å². The maximum Gasteiger partial charge on any atom is 0.573 e. The molecule has 0 radical (unpaired) electrons. The third-order valence-electron chi connectivity index (χ3n) is 6.90. The van der Waals surface area contributed by atoms with Crippen molar-refractivity contribution in [2.75, 3.05) is 31.2 Å². The average molecular weight is 517 g/mol. The number of halogens is 3. The number of hydrogen-bond acceptors (Lipinski definition) is 9. The molecule has 37 heavy (non-hydrogen) atoms. The molecule has 0 atom stereocenters. The Bertz CT molecular complexity index is 1320. The maximum absolute atomic E-state index is 12.9. The number of nitriles is 1. The Labute approximate surface area is 211 Å². The first-order valence-electron chi connectivity index (χ1n) is 12.3. The van der Waals surface area contributed by atoms with Gasteiger partial charge < -0.3 is 24.2 Å². The zero-order valence-corrected chi connectivity index (χ0v) is 20.6. The number of pyridine rings is 1. The van der Waals surface area contributed by atoms with E-state index in [0.717, 1.165) is 45.0 Å². The molecule has 0 aliphatic carbocycles. The van der Waals surface area contributed by atoms with Crippen LogP contribution in [0.2, 0.25) is 0 Å². The van der Waals surface area contributed by atoms with Gasteiger partial charge in [0.25, 0.3) is 0 Å². The van der Waals surface area contributed by atoms with Crippen molar-refractivity contribution in [3.63, 3.8) is 0 Å². The standard InChI is InChI=1S/C25H27F3N6O3/c1-14-20-12-19(36-25(26,27)28)11-16(13-29)22(20)32-24(21(14)23-30-15(2)37-33-23)34-7-3-17(4-8-34)31-18-5-9-35-10-6-18/h11-12,17-18,31H,3-10H2,1-2H3. The Morgan fingerprint density at radius 3 is 2.41 bits per heavy atom. The van der Waals surface area contributed by atoms with Gasteiger partial charge in [0.2, 0.25) is 11.7 Å². The van der Waals surface area contributed by atoms with Crippen LogP contribution in [0.25, 0.3) is 22.3 Å². The van der Waals surface area contributed by atoms with Crippen LogP contribution >= 0.6 is 0 Å². The second kappa shape index (κ2) is 10.1. The molecule has 2 aliphatic heterocycles. The van der Waals surface area contributed by atoms with Gasteiger partial charge in [-0.25, -0.2) is 4.98 Å². The minimum Gasteiger partial charge on any atom is -0.406 e. The summed E-state index contributed by atoms with van der Waals surface area (Å²) >= 11 is 0. The quantitative estimate of drug-likeness (QED) is 0.527. The van der Waals surface area contributed by atoms with Crippen LogP contribution in [0.5, 0.6) is 5.75 Å². The highest BCUT2D eigenvalue weighted by Crippen LogP contribution is 2.39. The summed E-state index contributed by atoms with van der Waals surface area (Å²) in [5.41, 5.74) is 1.45. The Hall–Kier alpha value is -3.43. The van der Waals surface area contributed by atoms with E-state index in [2.05, 4.69) is 25.1 Å². The monoisotopic (exact) mass is 516 g/mol. The molecule has 0 bridgehead atoms. The fourth-order valence-electron chi connectivity index (χ4n) is 5.11. The number of hydrogen-bond donors (Lipinski definition) is 1. The molecular weight excluding hydrogens is 489 g/mol. The second-order valence-electron chi connectivity index (χ2n) is 9.41. The van der Waals surface area contributed by atoms with Crippen molar-refractivity contribution in [2.45, 2.75) is 58.0 Å². The van der Waals surface area contributed by atoms with Crippen LogP contribution in [0.1, 0.15) is 42.7 Å². The highest BCUT2D eigenvalue weighted by molar-refractivity contribution is 5.96. The number of piperidine rings is 1. The van der Waals surface area contributed by atoms with Crippen LogP contribution < -0.4 is 15.0 Å². The van der Waals surface area contributed by atoms with Gasteiger partial charge in [0.1, 0.15) is 17.6 Å². The van der Waals surface area contributed by atoms with Gasteiger partial charge in [-0.1, -0.05) is 5.16 Å². The molecule has 12 heteroatoms. The highest BCUT2D eigenvalue weighted by Gasteiger charge is 2.33. The molecule has 3 aromatic rings. The SMILES string of the molecule is Cc1nc(-c2c(N3CCC(NC4CCOCC4)CC3)nc3c(C#N)cc(OC(F)(F)F)cc3c2C)no1. The Kier molecular flexibility index (Phi) is 6.92. The van der Waals surface area contributed by atoms with E-state index in [0.29, 0.717) is 64.7 Å². The van der Waals surface area contributed by atoms with Crippen molar-refractivity contribution in [2.24, 2.45) is 0 Å². The lowest BCUT2D eigenvalue weighted by atomic mass is 9.98. The zero-order chi connectivity index (χ0) is 26.2. The highest BCUT2D eigenvalue weighted by atomic mass is 19.4. The summed E-state index contributed by atoms with van der Waals surface area (Å²) in [6, 6.07) is 5.10. The van der Waals surface area contributed by atoms with Crippen LogP contribution in [0.3, 0.4) is 0 Å². The van der Waals surface area contributed by atoms with E-state index in [1.807, 2.05) is 6.07 Å². The van der Waals surface area contributed by atoms with Crippen LogP contribution in [-0.4, -0.2) is 59.9 Å². The molecule has 2 aliphatic rings. The predicted molar refractivity (Wildman–Crippen MR) is 128 cm³/mol. The molecule has 4 heterocycles. The van der Waals surface area contributed by atoms with E-state index in [-0.39, 0.29) is 5.56 Å². The lowest BCUT2D eigenvalue weighted by molar-refractivity contribution is -0.274. The largest absolute Gasteiger partial charge is 0.573 e. The number of ether oxygens (including phenoxy) is 2. The first kappa shape index (κ1) is 25.2. The summed E-state index contributed by atoms with van der Waals surface area (Å²) in [4.78, 5) is 11.3. The summed E-state index contributed by atoms with van der Waals surface area (Å²) < 4.78 is 53.6. The number of aromatic nitrogens is 3. The number of fused-ring (bicyclic) bond motifs is 1. The molecule has 196 valence electrons. The van der Waals surface area contributed by atoms with Gasteiger partial charge in [0.05, 0.1) is 16.6 Å². The first-order chi connectivity index (χ1) is 17.7. The molecule has 0 amide bonds. The van der Waals surface area contributed by atoms with Gasteiger partial charge in [0.15, 0.2) is 0 Å². The normalized spacial score (nSPS) is 17.8. The van der Waals surface area contributed by atoms with Crippen molar-refractivity contribution in [3.05, 3.63) is 29.2 Å². The molecule has 5 rings (SSSR count). The average Bonchev–Trinajstić information content (AvgIpc) is 3.29. The van der Waals surface area contributed by atoms with Gasteiger partial charge >= 0.3 is 6.36 Å². The fourth-order valence-corrected chi connectivity index (χ4v) is 5.11. The van der Waals surface area contributed by atoms with Gasteiger partial charge in [-0.3, -0.25) is 0 Å². The zero-order valence-electron chi connectivity index (χ0n) is 20.6. The summed E-state index contributed by atoms with van der Waals surface area (Å²) in [6.07, 6.45) is -1.10. The lowest BCUT2D eigenvalue weighted by Gasteiger charge is -2.37. The predicted octanol–water partition coefficient (Wildman–Crippen LogP) is 4.41. The van der Waals surface area contributed by atoms with E-state index in [1.165, 1.54) is 6.07 Å². The number of benzene rings is 1. The van der Waals surface area contributed by atoms with E-state index in [4.69, 9.17) is 14.2 Å². The van der Waals surface area contributed by atoms with Gasteiger partial charge in [0, 0.05) is 56.8 Å². The molecular formula is C25H27F3N6O3. The van der Waals surface area contributed by atoms with Gasteiger partial charge in [-0.15, -0.1) is 13.2 Å². The number of nitrogens with one attached hydrogen (secondary N) is 1. The van der Waals surface area contributed by atoms with Crippen molar-refractivity contribution >= 4 is 16.7 Å². The summed E-state index contributed by atoms with van der Waals surface area (Å²) in [7, 11) is 0. The van der Waals surface area contributed by atoms with Crippen molar-refractivity contribution in [1.29, 1.82) is 5.26 Å². The number of rotatable bonds is 5. The third-order valence-corrected chi connectivity index (χ3v) is 6.90. The number of nitrogens with zero attached hydrogens (tertiary/aromatic N) is 5. The first-order valence-corrected chi connectivity index (χ1v) is 12.3. The molecule has 1 aromatic carbocycles. The second-order valence-corrected chi connectivity index (χ2v) is 9.41. The van der Waals surface area contributed by atoms with Gasteiger partial charge in [-0.2, -0.15) is 10.2 Å². The van der Waals surface area contributed by atoms with E-state index in [9.17, 15) is 18.4 Å². The van der Waals surface area contributed by atoms with Crippen molar-refractivity contribution in [3.8, 4) is 23.2 Å². The van der Waals surface area contributed by atoms with Gasteiger partial charge in [-0.05, 0) is 44.2 Å². The summed E-state index contributed by atoms with van der Waals surface area (Å²) in [6.45, 7) is 6.39. The van der Waals surface area contributed by atoms with Crippen molar-refractivity contribution < 1.29 is 27.2 Å². The smallest absolute Gasteiger partial charge is 0.406 e. The number of aryl methyl sites for hydroxylation is 2.